The number of hydrogen-bond donors (Lipinski definition) is 1. The number of carbonyl (C=O) groups excluding carboxylic acids is 3. The van der Waals surface area contributed by atoms with Crippen molar-refractivity contribution in [2.24, 2.45) is 4.99 Å². The molecule has 2 aliphatic rings. The Bertz CT molecular complexity index is 1060. The van der Waals surface area contributed by atoms with Gasteiger partial charge in [0.15, 0.2) is 0 Å². The van der Waals surface area contributed by atoms with Crippen molar-refractivity contribution in [2.75, 3.05) is 26.2 Å². The number of likely N-dealkylation sites (tertiary alicyclic amines) is 2. The molecular weight excluding hydrogens is 540 g/mol. The summed E-state index contributed by atoms with van der Waals surface area (Å²) in [5.41, 5.74) is -0.450. The fourth-order valence-corrected chi connectivity index (χ4v) is 4.89. The van der Waals surface area contributed by atoms with Gasteiger partial charge < -0.3 is 28.7 Å². The third-order valence-electron chi connectivity index (χ3n) is 6.82. The van der Waals surface area contributed by atoms with Crippen molar-refractivity contribution < 1.29 is 33.3 Å². The Morgan fingerprint density at radius 2 is 1.57 bits per heavy atom. The van der Waals surface area contributed by atoms with Crippen molar-refractivity contribution in [1.82, 2.24) is 15.1 Å². The van der Waals surface area contributed by atoms with Crippen molar-refractivity contribution in [2.45, 2.75) is 110 Å². The standard InChI is InChI=1S/C31H48N4O7/c1-30(2,3)41-27(36)32-26(33-28(37)42-31(4,5)6)34-19-15-25(16-20-34)39-21-17-24-14-10-11-18-35(24)29(38)40-22-23-12-8-7-9-13-23/h7-9,12-13,24-25H,10-11,14-22H2,1-6H3,(H,32,33,36,37)/t24-/m1/s1. The molecule has 1 N–H and O–H groups in total. The van der Waals surface area contributed by atoms with Gasteiger partial charge in [0.2, 0.25) is 5.96 Å². The van der Waals surface area contributed by atoms with Crippen LogP contribution in [0.15, 0.2) is 35.3 Å². The maximum atomic E-state index is 12.8. The maximum Gasteiger partial charge on any atom is 0.437 e. The summed E-state index contributed by atoms with van der Waals surface area (Å²) >= 11 is 0. The van der Waals surface area contributed by atoms with E-state index in [2.05, 4.69) is 10.3 Å². The third-order valence-corrected chi connectivity index (χ3v) is 6.82. The minimum absolute atomic E-state index is 0.0210. The van der Waals surface area contributed by atoms with Gasteiger partial charge in [-0.15, -0.1) is 4.99 Å². The van der Waals surface area contributed by atoms with Crippen LogP contribution in [0.5, 0.6) is 0 Å². The number of ether oxygens (including phenoxy) is 4. The van der Waals surface area contributed by atoms with Crippen LogP contribution in [0.4, 0.5) is 14.4 Å². The number of hydrogen-bond acceptors (Lipinski definition) is 7. The van der Waals surface area contributed by atoms with Gasteiger partial charge in [-0.1, -0.05) is 30.3 Å². The largest absolute Gasteiger partial charge is 0.445 e. The van der Waals surface area contributed by atoms with E-state index in [1.54, 1.807) is 41.5 Å². The number of nitrogens with one attached hydrogen (secondary N) is 1. The molecule has 11 heteroatoms. The van der Waals surface area contributed by atoms with Crippen molar-refractivity contribution in [3.63, 3.8) is 0 Å². The Kier molecular flexibility index (Phi) is 12.0. The first-order chi connectivity index (χ1) is 19.8. The lowest BCUT2D eigenvalue weighted by atomic mass is 10.00. The second-order valence-corrected chi connectivity index (χ2v) is 12.8. The van der Waals surface area contributed by atoms with E-state index in [0.717, 1.165) is 31.2 Å². The van der Waals surface area contributed by atoms with Gasteiger partial charge in [0.1, 0.15) is 17.8 Å². The molecule has 0 aliphatic carbocycles. The van der Waals surface area contributed by atoms with Crippen molar-refractivity contribution in [3.8, 4) is 0 Å². The van der Waals surface area contributed by atoms with Gasteiger partial charge in [-0.05, 0) is 85.6 Å². The normalized spacial score (nSPS) is 18.8. The predicted octanol–water partition coefficient (Wildman–Crippen LogP) is 5.86. The van der Waals surface area contributed by atoms with E-state index in [4.69, 9.17) is 18.9 Å². The molecule has 0 spiro atoms. The first kappa shape index (κ1) is 33.2. The molecule has 2 fully saturated rings. The van der Waals surface area contributed by atoms with Crippen molar-refractivity contribution in [1.29, 1.82) is 0 Å². The van der Waals surface area contributed by atoms with E-state index in [1.807, 2.05) is 40.1 Å². The summed E-state index contributed by atoms with van der Waals surface area (Å²) in [6.07, 6.45) is 3.38. The molecule has 3 rings (SSSR count). The molecule has 2 heterocycles. The summed E-state index contributed by atoms with van der Waals surface area (Å²) in [6, 6.07) is 9.78. The number of nitrogens with zero attached hydrogens (tertiary/aromatic N) is 3. The molecule has 0 bridgehead atoms. The van der Waals surface area contributed by atoms with E-state index in [9.17, 15) is 14.4 Å². The summed E-state index contributed by atoms with van der Waals surface area (Å²) in [6.45, 7) is 13.1. The molecule has 0 aromatic heterocycles. The Balaban J connectivity index is 1.49. The van der Waals surface area contributed by atoms with E-state index in [-0.39, 0.29) is 30.8 Å². The van der Waals surface area contributed by atoms with Gasteiger partial charge in [0.25, 0.3) is 0 Å². The molecule has 42 heavy (non-hydrogen) atoms. The van der Waals surface area contributed by atoms with Crippen LogP contribution in [0.2, 0.25) is 0 Å². The summed E-state index contributed by atoms with van der Waals surface area (Å²) in [7, 11) is 0. The zero-order valence-corrected chi connectivity index (χ0v) is 26.0. The first-order valence-electron chi connectivity index (χ1n) is 14.9. The molecule has 11 nitrogen and oxygen atoms in total. The van der Waals surface area contributed by atoms with Crippen LogP contribution in [0.1, 0.15) is 85.6 Å². The topological polar surface area (TPSA) is 119 Å². The highest BCUT2D eigenvalue weighted by Gasteiger charge is 2.30. The van der Waals surface area contributed by atoms with Gasteiger partial charge in [0, 0.05) is 32.3 Å². The first-order valence-corrected chi connectivity index (χ1v) is 14.9. The minimum Gasteiger partial charge on any atom is -0.445 e. The van der Waals surface area contributed by atoms with Crippen LogP contribution in [0.3, 0.4) is 0 Å². The lowest BCUT2D eigenvalue weighted by Crippen LogP contribution is -2.50. The molecule has 234 valence electrons. The number of rotatable bonds is 6. The maximum absolute atomic E-state index is 12.8. The zero-order valence-electron chi connectivity index (χ0n) is 26.0. The SMILES string of the molecule is CC(C)(C)OC(=O)N=C(NC(=O)OC(C)(C)C)N1CCC(OCC[C@H]2CCCCN2C(=O)OCc2ccccc2)CC1. The Labute approximate surface area is 249 Å². The predicted molar refractivity (Wildman–Crippen MR) is 159 cm³/mol. The Hall–Kier alpha value is -3.34. The zero-order chi connectivity index (χ0) is 30.8. The molecule has 2 aliphatic heterocycles. The molecule has 1 aromatic rings. The number of aliphatic imine (C=N–C) groups is 1. The molecular formula is C31H48N4O7. The Morgan fingerprint density at radius 3 is 2.21 bits per heavy atom. The van der Waals surface area contributed by atoms with Crippen LogP contribution in [0, 0.1) is 0 Å². The third kappa shape index (κ3) is 11.9. The van der Waals surface area contributed by atoms with Gasteiger partial charge in [-0.2, -0.15) is 0 Å². The smallest absolute Gasteiger partial charge is 0.437 e. The number of alkyl carbamates (subject to hydrolysis) is 1. The Morgan fingerprint density at radius 1 is 0.905 bits per heavy atom. The highest BCUT2D eigenvalue weighted by Crippen LogP contribution is 2.23. The van der Waals surface area contributed by atoms with Gasteiger partial charge in [-0.25, -0.2) is 14.4 Å². The van der Waals surface area contributed by atoms with Gasteiger partial charge in [-0.3, -0.25) is 5.32 Å². The second-order valence-electron chi connectivity index (χ2n) is 12.8. The number of piperidine rings is 2. The van der Waals surface area contributed by atoms with Crippen molar-refractivity contribution >= 4 is 24.2 Å². The van der Waals surface area contributed by atoms with Crippen LogP contribution in [-0.4, -0.2) is 83.6 Å². The summed E-state index contributed by atoms with van der Waals surface area (Å²) < 4.78 is 22.5. The fourth-order valence-electron chi connectivity index (χ4n) is 4.89. The van der Waals surface area contributed by atoms with Crippen molar-refractivity contribution in [3.05, 3.63) is 35.9 Å². The second kappa shape index (κ2) is 15.2. The van der Waals surface area contributed by atoms with E-state index < -0.39 is 23.4 Å². The average Bonchev–Trinajstić information content (AvgIpc) is 2.90. The van der Waals surface area contributed by atoms with Crippen LogP contribution in [-0.2, 0) is 25.6 Å². The molecule has 0 unspecified atom stereocenters. The van der Waals surface area contributed by atoms with E-state index in [0.29, 0.717) is 39.1 Å². The molecule has 3 amide bonds. The highest BCUT2D eigenvalue weighted by atomic mass is 16.6. The lowest BCUT2D eigenvalue weighted by molar-refractivity contribution is 0.00226. The molecule has 1 aromatic carbocycles. The summed E-state index contributed by atoms with van der Waals surface area (Å²) in [5.74, 6) is 0.101. The number of amides is 3. The molecule has 0 saturated carbocycles. The molecule has 1 atom stereocenters. The summed E-state index contributed by atoms with van der Waals surface area (Å²) in [4.78, 5) is 45.4. The van der Waals surface area contributed by atoms with E-state index in [1.165, 1.54) is 0 Å². The fraction of sp³-hybridized carbons (Fsp3) is 0.677. The number of benzene rings is 1. The quantitative estimate of drug-likeness (QED) is 0.249. The minimum atomic E-state index is -0.786. The molecule has 0 radical (unpaired) electrons. The van der Waals surface area contributed by atoms with Gasteiger partial charge >= 0.3 is 18.3 Å². The van der Waals surface area contributed by atoms with Crippen LogP contribution < -0.4 is 5.32 Å². The number of carbonyl (C=O) groups is 3. The lowest BCUT2D eigenvalue weighted by Gasteiger charge is -2.36. The summed E-state index contributed by atoms with van der Waals surface area (Å²) in [5, 5.41) is 2.62. The average molecular weight is 589 g/mol. The van der Waals surface area contributed by atoms with E-state index >= 15 is 0 Å². The van der Waals surface area contributed by atoms with Gasteiger partial charge in [0.05, 0.1) is 6.10 Å². The van der Waals surface area contributed by atoms with Crippen LogP contribution in [0.25, 0.3) is 0 Å². The number of guanidine groups is 1. The monoisotopic (exact) mass is 588 g/mol. The van der Waals surface area contributed by atoms with Crippen LogP contribution >= 0.6 is 0 Å². The highest BCUT2D eigenvalue weighted by molar-refractivity contribution is 5.99. The molecule has 2 saturated heterocycles.